The molecule has 10 aromatic rings. The maximum atomic E-state index is 6.59. The number of rotatable bonds is 5. The van der Waals surface area contributed by atoms with Crippen LogP contribution in [0, 0.1) is 0 Å². The summed E-state index contributed by atoms with van der Waals surface area (Å²) < 4.78 is 9.19. The third kappa shape index (κ3) is 4.79. The highest BCUT2D eigenvalue weighted by atomic mass is 32.1. The molecule has 0 saturated heterocycles. The number of nitrogens with zero attached hydrogens (tertiary/aromatic N) is 3. The van der Waals surface area contributed by atoms with E-state index >= 15 is 0 Å². The third-order valence-electron chi connectivity index (χ3n) is 9.33. The SMILES string of the molecule is c1ccc(-c2nc(-c3ccccc3)nc(-c3ccc4c(c3)oc3cccc(-c5cc(-c6ccccc6)c6sc7ccccc7c6c5)c34)n2)cc1. The summed E-state index contributed by atoms with van der Waals surface area (Å²) in [4.78, 5) is 14.8. The summed E-state index contributed by atoms with van der Waals surface area (Å²) in [6, 6.07) is 56.8. The second kappa shape index (κ2) is 11.6. The number of benzene rings is 7. The van der Waals surface area contributed by atoms with Gasteiger partial charge in [-0.15, -0.1) is 11.3 Å². The molecule has 0 aliphatic heterocycles. The zero-order valence-corrected chi connectivity index (χ0v) is 27.6. The number of thiophene rings is 1. The molecule has 10 rings (SSSR count). The summed E-state index contributed by atoms with van der Waals surface area (Å²) in [5.41, 5.74) is 9.13. The molecule has 0 N–H and O–H groups in total. The molecule has 4 nitrogen and oxygen atoms in total. The van der Waals surface area contributed by atoms with E-state index in [2.05, 4.69) is 103 Å². The van der Waals surface area contributed by atoms with Crippen LogP contribution in [0.3, 0.4) is 0 Å². The molecule has 0 saturated carbocycles. The lowest BCUT2D eigenvalue weighted by Gasteiger charge is -2.10. The van der Waals surface area contributed by atoms with Crippen molar-refractivity contribution in [2.75, 3.05) is 0 Å². The normalized spacial score (nSPS) is 11.6. The molecule has 234 valence electrons. The fourth-order valence-corrected chi connectivity index (χ4v) is 8.18. The van der Waals surface area contributed by atoms with Crippen LogP contribution in [0.15, 0.2) is 168 Å². The molecule has 3 heterocycles. The van der Waals surface area contributed by atoms with Gasteiger partial charge in [-0.25, -0.2) is 15.0 Å². The largest absolute Gasteiger partial charge is 0.456 e. The molecular formula is C45H27N3OS. The zero-order chi connectivity index (χ0) is 33.0. The van der Waals surface area contributed by atoms with Gasteiger partial charge in [-0.3, -0.25) is 0 Å². The molecule has 5 heteroatoms. The van der Waals surface area contributed by atoms with Crippen molar-refractivity contribution in [1.29, 1.82) is 0 Å². The molecule has 0 aliphatic rings. The molecule has 50 heavy (non-hydrogen) atoms. The lowest BCUT2D eigenvalue weighted by Crippen LogP contribution is -2.00. The van der Waals surface area contributed by atoms with Gasteiger partial charge in [0.05, 0.1) is 0 Å². The van der Waals surface area contributed by atoms with Crippen molar-refractivity contribution in [1.82, 2.24) is 15.0 Å². The zero-order valence-electron chi connectivity index (χ0n) is 26.7. The molecule has 0 unspecified atom stereocenters. The van der Waals surface area contributed by atoms with Crippen LogP contribution in [0.5, 0.6) is 0 Å². The van der Waals surface area contributed by atoms with E-state index < -0.39 is 0 Å². The Morgan fingerprint density at radius 2 is 1.00 bits per heavy atom. The van der Waals surface area contributed by atoms with Gasteiger partial charge in [0.2, 0.25) is 0 Å². The van der Waals surface area contributed by atoms with Crippen LogP contribution in [0.1, 0.15) is 0 Å². The number of hydrogen-bond acceptors (Lipinski definition) is 5. The minimum absolute atomic E-state index is 0.600. The maximum Gasteiger partial charge on any atom is 0.164 e. The van der Waals surface area contributed by atoms with Crippen LogP contribution in [-0.2, 0) is 0 Å². The molecule has 0 atom stereocenters. The second-order valence-electron chi connectivity index (χ2n) is 12.4. The van der Waals surface area contributed by atoms with Crippen molar-refractivity contribution in [2.45, 2.75) is 0 Å². The van der Waals surface area contributed by atoms with Crippen molar-refractivity contribution in [3.8, 4) is 56.4 Å². The molecule has 3 aromatic heterocycles. The van der Waals surface area contributed by atoms with Gasteiger partial charge in [0, 0.05) is 53.2 Å². The molecule has 0 aliphatic carbocycles. The maximum absolute atomic E-state index is 6.59. The van der Waals surface area contributed by atoms with Gasteiger partial charge in [0.1, 0.15) is 11.2 Å². The van der Waals surface area contributed by atoms with Crippen LogP contribution in [0.25, 0.3) is 98.5 Å². The highest BCUT2D eigenvalue weighted by Crippen LogP contribution is 2.45. The number of furan rings is 1. The highest BCUT2D eigenvalue weighted by Gasteiger charge is 2.19. The fraction of sp³-hybridized carbons (Fsp3) is 0. The van der Waals surface area contributed by atoms with E-state index in [0.29, 0.717) is 17.5 Å². The van der Waals surface area contributed by atoms with Gasteiger partial charge in [0.25, 0.3) is 0 Å². The molecule has 0 amide bonds. The van der Waals surface area contributed by atoms with Crippen LogP contribution in [0.2, 0.25) is 0 Å². The first-order valence-corrected chi connectivity index (χ1v) is 17.4. The first-order chi connectivity index (χ1) is 24.8. The van der Waals surface area contributed by atoms with Gasteiger partial charge in [-0.05, 0) is 53.1 Å². The summed E-state index contributed by atoms with van der Waals surface area (Å²) in [6.07, 6.45) is 0. The van der Waals surface area contributed by atoms with Gasteiger partial charge in [-0.1, -0.05) is 127 Å². The highest BCUT2D eigenvalue weighted by molar-refractivity contribution is 7.26. The first kappa shape index (κ1) is 28.6. The van der Waals surface area contributed by atoms with E-state index in [9.17, 15) is 0 Å². The van der Waals surface area contributed by atoms with Crippen LogP contribution < -0.4 is 0 Å². The lowest BCUT2D eigenvalue weighted by molar-refractivity contribution is 0.669. The van der Waals surface area contributed by atoms with E-state index in [1.54, 1.807) is 0 Å². The summed E-state index contributed by atoms with van der Waals surface area (Å²) in [6.45, 7) is 0. The third-order valence-corrected chi connectivity index (χ3v) is 10.5. The minimum atomic E-state index is 0.600. The number of hydrogen-bond donors (Lipinski definition) is 0. The van der Waals surface area contributed by atoms with Crippen LogP contribution in [0.4, 0.5) is 0 Å². The standard InChI is InChI=1S/C45H27N3OS/c1-4-13-28(14-5-1)36-25-32(26-37-34-19-10-11-22-40(34)50-42(36)37)33-20-12-21-38-41(33)35-24-23-31(27-39(35)49-38)45-47-43(29-15-6-2-7-16-29)46-44(48-45)30-17-8-3-9-18-30/h1-27H. The van der Waals surface area contributed by atoms with Crippen molar-refractivity contribution in [3.63, 3.8) is 0 Å². The van der Waals surface area contributed by atoms with Crippen molar-refractivity contribution < 1.29 is 4.42 Å². The average Bonchev–Trinajstić information content (AvgIpc) is 3.76. The van der Waals surface area contributed by atoms with Crippen molar-refractivity contribution >= 4 is 53.4 Å². The Morgan fingerprint density at radius 3 is 1.70 bits per heavy atom. The van der Waals surface area contributed by atoms with Crippen LogP contribution >= 0.6 is 11.3 Å². The van der Waals surface area contributed by atoms with E-state index in [1.165, 1.54) is 31.3 Å². The first-order valence-electron chi connectivity index (χ1n) is 16.6. The molecular weight excluding hydrogens is 631 g/mol. The lowest BCUT2D eigenvalue weighted by atomic mass is 9.93. The summed E-state index contributed by atoms with van der Waals surface area (Å²) in [5, 5.41) is 4.70. The summed E-state index contributed by atoms with van der Waals surface area (Å²) in [5.74, 6) is 1.86. The molecule has 0 spiro atoms. The summed E-state index contributed by atoms with van der Waals surface area (Å²) >= 11 is 1.86. The van der Waals surface area contributed by atoms with E-state index in [-0.39, 0.29) is 0 Å². The molecule has 0 radical (unpaired) electrons. The Morgan fingerprint density at radius 1 is 0.380 bits per heavy atom. The topological polar surface area (TPSA) is 51.8 Å². The quantitative estimate of drug-likeness (QED) is 0.185. The van der Waals surface area contributed by atoms with Gasteiger partial charge in [0.15, 0.2) is 17.5 Å². The van der Waals surface area contributed by atoms with E-state index in [4.69, 9.17) is 19.4 Å². The average molecular weight is 658 g/mol. The number of aromatic nitrogens is 3. The van der Waals surface area contributed by atoms with Crippen molar-refractivity contribution in [2.24, 2.45) is 0 Å². The van der Waals surface area contributed by atoms with Gasteiger partial charge < -0.3 is 4.42 Å². The Labute approximate surface area is 292 Å². The predicted octanol–water partition coefficient (Wildman–Crippen LogP) is 12.5. The minimum Gasteiger partial charge on any atom is -0.456 e. The molecule has 7 aromatic carbocycles. The fourth-order valence-electron chi connectivity index (χ4n) is 6.96. The Balaban J connectivity index is 1.16. The van der Waals surface area contributed by atoms with E-state index in [0.717, 1.165) is 49.8 Å². The molecule has 0 bridgehead atoms. The Kier molecular flexibility index (Phi) is 6.64. The molecule has 0 fully saturated rings. The van der Waals surface area contributed by atoms with Gasteiger partial charge in [-0.2, -0.15) is 0 Å². The smallest absolute Gasteiger partial charge is 0.164 e. The second-order valence-corrected chi connectivity index (χ2v) is 13.4. The summed E-state index contributed by atoms with van der Waals surface area (Å²) in [7, 11) is 0. The van der Waals surface area contributed by atoms with Crippen LogP contribution in [-0.4, -0.2) is 15.0 Å². The Bertz CT molecular complexity index is 2800. The predicted molar refractivity (Wildman–Crippen MR) is 207 cm³/mol. The van der Waals surface area contributed by atoms with Gasteiger partial charge >= 0.3 is 0 Å². The Hall–Kier alpha value is -6.43. The number of fused-ring (bicyclic) bond motifs is 6. The van der Waals surface area contributed by atoms with Crippen molar-refractivity contribution in [3.05, 3.63) is 164 Å². The monoisotopic (exact) mass is 657 g/mol. The van der Waals surface area contributed by atoms with E-state index in [1.807, 2.05) is 72.0 Å².